The second kappa shape index (κ2) is 5.15. The van der Waals surface area contributed by atoms with E-state index in [9.17, 15) is 14.4 Å². The third-order valence-corrected chi connectivity index (χ3v) is 3.02. The van der Waals surface area contributed by atoms with Gasteiger partial charge < -0.3 is 10.1 Å². The Morgan fingerprint density at radius 3 is 2.42 bits per heavy atom. The first-order valence-electron chi connectivity index (χ1n) is 6.26. The van der Waals surface area contributed by atoms with Gasteiger partial charge in [-0.15, -0.1) is 0 Å². The molecule has 0 aromatic carbocycles. The Kier molecular flexibility index (Phi) is 4.18. The lowest BCUT2D eigenvalue weighted by molar-refractivity contribution is -0.149. The van der Waals surface area contributed by atoms with Crippen molar-refractivity contribution in [3.05, 3.63) is 11.6 Å². The van der Waals surface area contributed by atoms with Crippen molar-refractivity contribution in [1.82, 2.24) is 5.32 Å². The minimum absolute atomic E-state index is 0.0501. The lowest BCUT2D eigenvalue weighted by atomic mass is 9.77. The number of rotatable bonds is 2. The molecule has 0 aromatic rings. The number of nitrogens with one attached hydrogen (secondary N) is 1. The van der Waals surface area contributed by atoms with Crippen molar-refractivity contribution in [2.45, 2.75) is 46.1 Å². The van der Waals surface area contributed by atoms with Gasteiger partial charge in [-0.2, -0.15) is 0 Å². The van der Waals surface area contributed by atoms with Crippen molar-refractivity contribution < 1.29 is 19.1 Å². The Balaban J connectivity index is 3.06. The molecule has 0 fully saturated rings. The number of Topliss-reactive ketones (excluding diaryl/α,β-unsaturated/α-hetero) is 1. The average molecular weight is 267 g/mol. The van der Waals surface area contributed by atoms with Crippen LogP contribution in [0.25, 0.3) is 0 Å². The summed E-state index contributed by atoms with van der Waals surface area (Å²) in [5.74, 6) is -1.10. The summed E-state index contributed by atoms with van der Waals surface area (Å²) < 4.78 is 4.73. The predicted molar refractivity (Wildman–Crippen MR) is 70.3 cm³/mol. The largest absolute Gasteiger partial charge is 0.468 e. The molecule has 0 saturated heterocycles. The summed E-state index contributed by atoms with van der Waals surface area (Å²) in [6.45, 7) is 7.17. The third-order valence-electron chi connectivity index (χ3n) is 3.02. The molecule has 1 aliphatic carbocycles. The fraction of sp³-hybridized carbons (Fsp3) is 0.643. The highest BCUT2D eigenvalue weighted by Crippen LogP contribution is 2.33. The highest BCUT2D eigenvalue weighted by molar-refractivity contribution is 6.20. The van der Waals surface area contributed by atoms with E-state index in [1.165, 1.54) is 13.2 Å². The lowest BCUT2D eigenvalue weighted by Crippen LogP contribution is -2.44. The van der Waals surface area contributed by atoms with Crippen LogP contribution < -0.4 is 5.32 Å². The molecule has 0 aliphatic heterocycles. The Hall–Kier alpha value is -1.65. The Bertz CT molecular complexity index is 445. The molecule has 0 saturated carbocycles. The number of esters is 1. The van der Waals surface area contributed by atoms with Crippen LogP contribution in [0.1, 0.15) is 40.5 Å². The Labute approximate surface area is 113 Å². The summed E-state index contributed by atoms with van der Waals surface area (Å²) in [5.41, 5.74) is -1.29. The molecule has 1 atom stereocenters. The Morgan fingerprint density at radius 2 is 1.95 bits per heavy atom. The van der Waals surface area contributed by atoms with Gasteiger partial charge in [-0.25, -0.2) is 0 Å². The van der Waals surface area contributed by atoms with Crippen LogP contribution >= 0.6 is 0 Å². The summed E-state index contributed by atoms with van der Waals surface area (Å²) in [6.07, 6.45) is 1.98. The molecule has 0 unspecified atom stereocenters. The second-order valence-electron chi connectivity index (χ2n) is 6.09. The van der Waals surface area contributed by atoms with Gasteiger partial charge in [-0.1, -0.05) is 6.08 Å². The molecule has 0 radical (unpaired) electrons. The molecule has 1 N–H and O–H groups in total. The van der Waals surface area contributed by atoms with E-state index in [-0.39, 0.29) is 17.8 Å². The first-order chi connectivity index (χ1) is 8.59. The van der Waals surface area contributed by atoms with Crippen LogP contribution in [-0.2, 0) is 19.1 Å². The van der Waals surface area contributed by atoms with Gasteiger partial charge in [0.2, 0.25) is 0 Å². The molecule has 0 heterocycles. The van der Waals surface area contributed by atoms with Crippen LogP contribution in [0.15, 0.2) is 11.6 Å². The molecule has 19 heavy (non-hydrogen) atoms. The van der Waals surface area contributed by atoms with Gasteiger partial charge in [-0.3, -0.25) is 14.4 Å². The zero-order chi connectivity index (χ0) is 14.8. The van der Waals surface area contributed by atoms with Gasteiger partial charge in [0.15, 0.2) is 5.78 Å². The van der Waals surface area contributed by atoms with Crippen LogP contribution in [0.2, 0.25) is 0 Å². The standard InChI is InChI=1S/C14H21NO4/c1-13(2,3)15-11(17)9-8-14(4,12(18)19-5)7-6-10(9)16/h8H,6-7H2,1-5H3,(H,15,17)/t14-/m1/s1. The second-order valence-corrected chi connectivity index (χ2v) is 6.09. The van der Waals surface area contributed by atoms with E-state index < -0.39 is 22.8 Å². The molecular weight excluding hydrogens is 246 g/mol. The number of carbonyl (C=O) groups is 3. The smallest absolute Gasteiger partial charge is 0.315 e. The highest BCUT2D eigenvalue weighted by atomic mass is 16.5. The quantitative estimate of drug-likeness (QED) is 0.606. The molecule has 1 rings (SSSR count). The van der Waals surface area contributed by atoms with E-state index in [1.54, 1.807) is 6.92 Å². The topological polar surface area (TPSA) is 72.5 Å². The van der Waals surface area contributed by atoms with Gasteiger partial charge in [-0.05, 0) is 34.1 Å². The summed E-state index contributed by atoms with van der Waals surface area (Å²) in [7, 11) is 1.30. The summed E-state index contributed by atoms with van der Waals surface area (Å²) >= 11 is 0. The number of methoxy groups -OCH3 is 1. The van der Waals surface area contributed by atoms with E-state index in [2.05, 4.69) is 5.32 Å². The number of carbonyl (C=O) groups excluding carboxylic acids is 3. The van der Waals surface area contributed by atoms with Crippen molar-refractivity contribution >= 4 is 17.7 Å². The van der Waals surface area contributed by atoms with Crippen molar-refractivity contribution in [3.63, 3.8) is 0 Å². The molecule has 1 amide bonds. The maximum atomic E-state index is 12.1. The SMILES string of the molecule is COC(=O)[C@@]1(C)C=C(C(=O)NC(C)(C)C)C(=O)CC1. The van der Waals surface area contributed by atoms with Crippen molar-refractivity contribution in [2.24, 2.45) is 5.41 Å². The third kappa shape index (κ3) is 3.66. The fourth-order valence-corrected chi connectivity index (χ4v) is 1.97. The normalized spacial score (nSPS) is 23.6. The molecule has 106 valence electrons. The van der Waals surface area contributed by atoms with Gasteiger partial charge >= 0.3 is 5.97 Å². The van der Waals surface area contributed by atoms with Gasteiger partial charge in [0.25, 0.3) is 5.91 Å². The van der Waals surface area contributed by atoms with Gasteiger partial charge in [0.1, 0.15) is 0 Å². The monoisotopic (exact) mass is 267 g/mol. The maximum absolute atomic E-state index is 12.1. The molecule has 5 heteroatoms. The molecule has 5 nitrogen and oxygen atoms in total. The lowest BCUT2D eigenvalue weighted by Gasteiger charge is -2.29. The molecule has 0 spiro atoms. The number of hydrogen-bond acceptors (Lipinski definition) is 4. The number of ketones is 1. The Morgan fingerprint density at radius 1 is 1.37 bits per heavy atom. The molecule has 0 aromatic heterocycles. The van der Waals surface area contributed by atoms with Gasteiger partial charge in [0, 0.05) is 12.0 Å². The molecule has 1 aliphatic rings. The predicted octanol–water partition coefficient (Wildman–Crippen LogP) is 1.37. The van der Waals surface area contributed by atoms with Crippen LogP contribution in [0.3, 0.4) is 0 Å². The highest BCUT2D eigenvalue weighted by Gasteiger charge is 2.39. The average Bonchev–Trinajstić information content (AvgIpc) is 2.29. The van der Waals surface area contributed by atoms with Crippen LogP contribution in [0, 0.1) is 5.41 Å². The summed E-state index contributed by atoms with van der Waals surface area (Å²) in [6, 6.07) is 0. The van der Waals surface area contributed by atoms with Crippen molar-refractivity contribution in [3.8, 4) is 0 Å². The first kappa shape index (κ1) is 15.4. The van der Waals surface area contributed by atoms with Crippen molar-refractivity contribution in [2.75, 3.05) is 7.11 Å². The van der Waals surface area contributed by atoms with E-state index in [4.69, 9.17) is 4.74 Å². The van der Waals surface area contributed by atoms with Crippen LogP contribution in [-0.4, -0.2) is 30.3 Å². The van der Waals surface area contributed by atoms with E-state index in [0.717, 1.165) is 0 Å². The van der Waals surface area contributed by atoms with E-state index >= 15 is 0 Å². The van der Waals surface area contributed by atoms with Crippen molar-refractivity contribution in [1.29, 1.82) is 0 Å². The van der Waals surface area contributed by atoms with Crippen LogP contribution in [0.4, 0.5) is 0 Å². The molecular formula is C14H21NO4. The first-order valence-corrected chi connectivity index (χ1v) is 6.26. The zero-order valence-electron chi connectivity index (χ0n) is 12.1. The zero-order valence-corrected chi connectivity index (χ0v) is 12.1. The summed E-state index contributed by atoms with van der Waals surface area (Å²) in [4.78, 5) is 35.6. The minimum atomic E-state index is -0.910. The van der Waals surface area contributed by atoms with E-state index in [1.807, 2.05) is 20.8 Å². The number of hydrogen-bond donors (Lipinski definition) is 1. The number of amides is 1. The minimum Gasteiger partial charge on any atom is -0.468 e. The number of ether oxygens (including phenoxy) is 1. The summed E-state index contributed by atoms with van der Waals surface area (Å²) in [5, 5.41) is 2.73. The van der Waals surface area contributed by atoms with E-state index in [0.29, 0.717) is 6.42 Å². The van der Waals surface area contributed by atoms with Gasteiger partial charge in [0.05, 0.1) is 18.1 Å². The fourth-order valence-electron chi connectivity index (χ4n) is 1.97. The van der Waals surface area contributed by atoms with Crippen LogP contribution in [0.5, 0.6) is 0 Å². The maximum Gasteiger partial charge on any atom is 0.315 e. The molecule has 0 bridgehead atoms.